The van der Waals surface area contributed by atoms with Gasteiger partial charge in [0.25, 0.3) is 0 Å². The van der Waals surface area contributed by atoms with Gasteiger partial charge in [-0.3, -0.25) is 4.79 Å². The number of benzene rings is 3. The van der Waals surface area contributed by atoms with Crippen LogP contribution in [0.5, 0.6) is 11.5 Å². The van der Waals surface area contributed by atoms with E-state index in [-0.39, 0.29) is 17.3 Å². The van der Waals surface area contributed by atoms with Crippen LogP contribution in [0, 0.1) is 6.92 Å². The molecule has 3 aromatic rings. The number of aromatic hydroxyl groups is 2. The summed E-state index contributed by atoms with van der Waals surface area (Å²) < 4.78 is 0. The lowest BCUT2D eigenvalue weighted by Crippen LogP contribution is -2.00. The molecule has 0 saturated carbocycles. The maximum atomic E-state index is 11.4. The lowest BCUT2D eigenvalue weighted by Gasteiger charge is -2.14. The van der Waals surface area contributed by atoms with E-state index in [1.54, 1.807) is 30.4 Å². The zero-order valence-electron chi connectivity index (χ0n) is 17.0. The molecule has 0 aliphatic heterocycles. The van der Waals surface area contributed by atoms with E-state index in [0.29, 0.717) is 29.1 Å². The third-order valence-corrected chi connectivity index (χ3v) is 4.94. The van der Waals surface area contributed by atoms with Crippen LogP contribution in [0.15, 0.2) is 90.0 Å². The summed E-state index contributed by atoms with van der Waals surface area (Å²) in [6.07, 6.45) is 6.78. The summed E-state index contributed by atoms with van der Waals surface area (Å²) in [6.45, 7) is 2.02. The molecule has 5 nitrogen and oxygen atoms in total. The van der Waals surface area contributed by atoms with E-state index in [1.165, 1.54) is 12.2 Å². The van der Waals surface area contributed by atoms with Crippen LogP contribution in [-0.2, 0) is 11.2 Å². The van der Waals surface area contributed by atoms with Crippen molar-refractivity contribution in [3.8, 4) is 11.5 Å². The normalized spacial score (nSPS) is 12.8. The molecule has 0 atom stereocenters. The van der Waals surface area contributed by atoms with Crippen LogP contribution in [0.1, 0.15) is 16.7 Å². The first-order valence-electron chi connectivity index (χ1n) is 9.92. The first-order valence-corrected chi connectivity index (χ1v) is 9.92. The van der Waals surface area contributed by atoms with Crippen molar-refractivity contribution in [1.29, 1.82) is 0 Å². The molecule has 3 N–H and O–H groups in total. The number of rotatable bonds is 5. The summed E-state index contributed by atoms with van der Waals surface area (Å²) in [5, 5.41) is 23.5. The minimum Gasteiger partial charge on any atom is -0.508 e. The molecule has 31 heavy (non-hydrogen) atoms. The van der Waals surface area contributed by atoms with Crippen molar-refractivity contribution in [3.05, 3.63) is 102 Å². The second-order valence-electron chi connectivity index (χ2n) is 7.44. The number of carbonyl (C=O) groups is 1. The van der Waals surface area contributed by atoms with Gasteiger partial charge in [0.2, 0.25) is 0 Å². The molecule has 0 amide bonds. The van der Waals surface area contributed by atoms with Crippen molar-refractivity contribution >= 4 is 28.6 Å². The lowest BCUT2D eigenvalue weighted by molar-refractivity contribution is -0.110. The van der Waals surface area contributed by atoms with Crippen molar-refractivity contribution < 1.29 is 15.0 Å². The maximum absolute atomic E-state index is 11.4. The molecule has 5 heteroatoms. The van der Waals surface area contributed by atoms with E-state index < -0.39 is 0 Å². The summed E-state index contributed by atoms with van der Waals surface area (Å²) in [7, 11) is 0. The molecule has 1 aliphatic carbocycles. The molecule has 1 aliphatic rings. The largest absolute Gasteiger partial charge is 0.508 e. The van der Waals surface area contributed by atoms with Gasteiger partial charge in [0, 0.05) is 23.7 Å². The number of nitrogens with one attached hydrogen (secondary N) is 1. The Labute approximate surface area is 180 Å². The highest BCUT2D eigenvalue weighted by molar-refractivity contribution is 6.17. The first-order chi connectivity index (χ1) is 15.0. The second kappa shape index (κ2) is 8.71. The Morgan fingerprint density at radius 3 is 2.23 bits per heavy atom. The molecule has 0 heterocycles. The number of allylic oxidation sites excluding steroid dienone is 4. The molecule has 0 aromatic heterocycles. The van der Waals surface area contributed by atoms with Crippen LogP contribution in [0.4, 0.5) is 17.1 Å². The average Bonchev–Trinajstić information content (AvgIpc) is 2.76. The number of ketones is 1. The third kappa shape index (κ3) is 5.08. The number of aryl methyl sites for hydroxylation is 1. The molecule has 0 fully saturated rings. The zero-order chi connectivity index (χ0) is 21.8. The van der Waals surface area contributed by atoms with Crippen LogP contribution < -0.4 is 5.32 Å². The van der Waals surface area contributed by atoms with Crippen molar-refractivity contribution in [3.63, 3.8) is 0 Å². The molecule has 4 rings (SSSR count). The fourth-order valence-corrected chi connectivity index (χ4v) is 3.24. The van der Waals surface area contributed by atoms with E-state index in [4.69, 9.17) is 4.99 Å². The number of aliphatic imine (C=N–C) groups is 1. The minimum atomic E-state index is -0.0734. The lowest BCUT2D eigenvalue weighted by atomic mass is 10.0. The Bertz CT molecular complexity index is 1190. The van der Waals surface area contributed by atoms with Gasteiger partial charge in [-0.1, -0.05) is 29.8 Å². The van der Waals surface area contributed by atoms with E-state index in [2.05, 4.69) is 5.32 Å². The SMILES string of the molecule is Cc1ccc(Nc2cc(O)c(Cc3ccc(O)cc3)cc2N=C2C=CC(=O)C=C2)cc1. The molecule has 0 saturated heterocycles. The molecule has 3 aromatic carbocycles. The van der Waals surface area contributed by atoms with E-state index in [0.717, 1.165) is 16.8 Å². The predicted octanol–water partition coefficient (Wildman–Crippen LogP) is 5.51. The van der Waals surface area contributed by atoms with Crippen LogP contribution in [0.3, 0.4) is 0 Å². The fourth-order valence-electron chi connectivity index (χ4n) is 3.24. The zero-order valence-corrected chi connectivity index (χ0v) is 17.0. The van der Waals surface area contributed by atoms with E-state index in [1.807, 2.05) is 49.4 Å². The monoisotopic (exact) mass is 410 g/mol. The van der Waals surface area contributed by atoms with Crippen molar-refractivity contribution in [2.75, 3.05) is 5.32 Å². The van der Waals surface area contributed by atoms with Crippen LogP contribution in [0.25, 0.3) is 0 Å². The highest BCUT2D eigenvalue weighted by Gasteiger charge is 2.12. The summed E-state index contributed by atoms with van der Waals surface area (Å²) in [5.74, 6) is 0.273. The van der Waals surface area contributed by atoms with Gasteiger partial charge in [-0.15, -0.1) is 0 Å². The standard InChI is InChI=1S/C26H22N2O3/c1-17-2-6-20(7-3-17)28-25-16-26(31)19(14-18-4-10-22(29)11-5-18)15-24(25)27-21-8-12-23(30)13-9-21/h2-13,15-16,28-29,31H,14H2,1H3. The Kier molecular flexibility index (Phi) is 5.67. The Morgan fingerprint density at radius 1 is 0.871 bits per heavy atom. The summed E-state index contributed by atoms with van der Waals surface area (Å²) in [5.41, 5.74) is 5.64. The molecule has 0 spiro atoms. The van der Waals surface area contributed by atoms with Gasteiger partial charge in [0.05, 0.1) is 17.1 Å². The quantitative estimate of drug-likeness (QED) is 0.485. The number of anilines is 2. The summed E-state index contributed by atoms with van der Waals surface area (Å²) >= 11 is 0. The average molecular weight is 410 g/mol. The third-order valence-electron chi connectivity index (χ3n) is 4.94. The van der Waals surface area contributed by atoms with Gasteiger partial charge in [-0.05, 0) is 67.1 Å². The predicted molar refractivity (Wildman–Crippen MR) is 124 cm³/mol. The first kappa shape index (κ1) is 20.2. The van der Waals surface area contributed by atoms with E-state index in [9.17, 15) is 15.0 Å². The molecule has 0 radical (unpaired) electrons. The van der Waals surface area contributed by atoms with Gasteiger partial charge >= 0.3 is 0 Å². The van der Waals surface area contributed by atoms with Gasteiger partial charge in [-0.2, -0.15) is 0 Å². The van der Waals surface area contributed by atoms with Gasteiger partial charge < -0.3 is 15.5 Å². The number of hydrogen-bond acceptors (Lipinski definition) is 5. The number of phenols is 2. The van der Waals surface area contributed by atoms with E-state index >= 15 is 0 Å². The second-order valence-corrected chi connectivity index (χ2v) is 7.44. The molecular formula is C26H22N2O3. The Hall–Kier alpha value is -4.12. The molecular weight excluding hydrogens is 388 g/mol. The molecule has 154 valence electrons. The number of phenolic OH excluding ortho intramolecular Hbond substituents is 2. The van der Waals surface area contributed by atoms with Crippen molar-refractivity contribution in [2.45, 2.75) is 13.3 Å². The fraction of sp³-hybridized carbons (Fsp3) is 0.0769. The minimum absolute atomic E-state index is 0.0734. The number of carbonyl (C=O) groups excluding carboxylic acids is 1. The number of nitrogens with zero attached hydrogens (tertiary/aromatic N) is 1. The summed E-state index contributed by atoms with van der Waals surface area (Å²) in [4.78, 5) is 16.1. The molecule has 0 unspecified atom stereocenters. The van der Waals surface area contributed by atoms with Crippen LogP contribution in [-0.4, -0.2) is 21.7 Å². The van der Waals surface area contributed by atoms with Gasteiger partial charge in [-0.25, -0.2) is 4.99 Å². The topological polar surface area (TPSA) is 81.9 Å². The highest BCUT2D eigenvalue weighted by atomic mass is 16.3. The van der Waals surface area contributed by atoms with Gasteiger partial charge in [0.15, 0.2) is 5.78 Å². The van der Waals surface area contributed by atoms with Crippen molar-refractivity contribution in [2.24, 2.45) is 4.99 Å². The van der Waals surface area contributed by atoms with Crippen molar-refractivity contribution in [1.82, 2.24) is 0 Å². The van der Waals surface area contributed by atoms with Gasteiger partial charge in [0.1, 0.15) is 11.5 Å². The van der Waals surface area contributed by atoms with Crippen LogP contribution >= 0.6 is 0 Å². The Morgan fingerprint density at radius 2 is 1.55 bits per heavy atom. The maximum Gasteiger partial charge on any atom is 0.178 e. The highest BCUT2D eigenvalue weighted by Crippen LogP contribution is 2.36. The number of hydrogen-bond donors (Lipinski definition) is 3. The summed E-state index contributed by atoms with van der Waals surface area (Å²) in [6, 6.07) is 18.3. The van der Waals surface area contributed by atoms with Crippen LogP contribution in [0.2, 0.25) is 0 Å². The smallest absolute Gasteiger partial charge is 0.178 e. The molecule has 0 bridgehead atoms. The Balaban J connectivity index is 1.73.